The standard InChI is InChI=1S/C10H9NO3S/c12-8-4-2-6-15-9-5-1-3-7(10(13)14)11(8)9/h1-5,7H,6H2,(H,13,14). The molecule has 0 aromatic heterocycles. The highest BCUT2D eigenvalue weighted by molar-refractivity contribution is 8.03. The monoisotopic (exact) mass is 223 g/mol. The highest BCUT2D eigenvalue weighted by Gasteiger charge is 2.31. The van der Waals surface area contributed by atoms with Gasteiger partial charge in [-0.2, -0.15) is 0 Å². The highest BCUT2D eigenvalue weighted by Crippen LogP contribution is 2.29. The molecule has 1 N–H and O–H groups in total. The minimum atomic E-state index is -1.01. The number of carboxylic acids is 1. The van der Waals surface area contributed by atoms with Crippen LogP contribution in [0.15, 0.2) is 35.4 Å². The molecule has 4 nitrogen and oxygen atoms in total. The molecule has 1 atom stereocenters. The van der Waals surface area contributed by atoms with Crippen molar-refractivity contribution in [3.8, 4) is 0 Å². The van der Waals surface area contributed by atoms with Gasteiger partial charge in [0.1, 0.15) is 0 Å². The van der Waals surface area contributed by atoms with Gasteiger partial charge in [0.05, 0.1) is 5.03 Å². The maximum absolute atomic E-state index is 11.7. The number of carbonyl (C=O) groups excluding carboxylic acids is 1. The van der Waals surface area contributed by atoms with Crippen molar-refractivity contribution >= 4 is 23.6 Å². The molecule has 78 valence electrons. The minimum absolute atomic E-state index is 0.275. The number of hydrogen-bond donors (Lipinski definition) is 1. The molecule has 15 heavy (non-hydrogen) atoms. The Kier molecular flexibility index (Phi) is 2.64. The lowest BCUT2D eigenvalue weighted by atomic mass is 10.2. The second-order valence-electron chi connectivity index (χ2n) is 3.09. The van der Waals surface area contributed by atoms with E-state index in [1.807, 2.05) is 0 Å². The van der Waals surface area contributed by atoms with E-state index in [1.54, 1.807) is 18.2 Å². The Morgan fingerprint density at radius 3 is 3.13 bits per heavy atom. The number of nitrogens with zero attached hydrogens (tertiary/aromatic N) is 1. The molecule has 2 aliphatic rings. The molecule has 2 heterocycles. The van der Waals surface area contributed by atoms with E-state index < -0.39 is 12.0 Å². The van der Waals surface area contributed by atoms with Crippen molar-refractivity contribution in [2.45, 2.75) is 6.04 Å². The SMILES string of the molecule is O=C(O)C1C=CC=C2SCC=CC(=O)N21. The van der Waals surface area contributed by atoms with Gasteiger partial charge in [-0.05, 0) is 6.08 Å². The summed E-state index contributed by atoms with van der Waals surface area (Å²) in [7, 11) is 0. The molecular weight excluding hydrogens is 214 g/mol. The molecule has 0 fully saturated rings. The molecule has 0 aromatic carbocycles. The van der Waals surface area contributed by atoms with Crippen molar-refractivity contribution < 1.29 is 14.7 Å². The van der Waals surface area contributed by atoms with Crippen LogP contribution in [0, 0.1) is 0 Å². The Morgan fingerprint density at radius 2 is 2.40 bits per heavy atom. The van der Waals surface area contributed by atoms with E-state index in [-0.39, 0.29) is 5.91 Å². The van der Waals surface area contributed by atoms with Gasteiger partial charge in [-0.15, -0.1) is 11.8 Å². The summed E-state index contributed by atoms with van der Waals surface area (Å²) in [4.78, 5) is 23.9. The fourth-order valence-electron chi connectivity index (χ4n) is 1.47. The number of fused-ring (bicyclic) bond motifs is 1. The van der Waals surface area contributed by atoms with Gasteiger partial charge in [0.15, 0.2) is 6.04 Å². The maximum atomic E-state index is 11.7. The number of allylic oxidation sites excluding steroid dienone is 2. The molecule has 5 heteroatoms. The predicted molar refractivity (Wildman–Crippen MR) is 57.1 cm³/mol. The number of thioether (sulfide) groups is 1. The molecule has 0 aromatic rings. The molecule has 0 spiro atoms. The Balaban J connectivity index is 2.37. The molecule has 1 amide bonds. The Labute approximate surface area is 90.9 Å². The molecule has 0 saturated heterocycles. The van der Waals surface area contributed by atoms with E-state index in [1.165, 1.54) is 28.8 Å². The van der Waals surface area contributed by atoms with Crippen LogP contribution in [0.25, 0.3) is 0 Å². The van der Waals surface area contributed by atoms with E-state index in [0.29, 0.717) is 10.8 Å². The van der Waals surface area contributed by atoms with Gasteiger partial charge in [-0.1, -0.05) is 18.2 Å². The summed E-state index contributed by atoms with van der Waals surface area (Å²) in [6.45, 7) is 0. The van der Waals surface area contributed by atoms with Gasteiger partial charge < -0.3 is 5.11 Å². The van der Waals surface area contributed by atoms with Gasteiger partial charge in [-0.3, -0.25) is 9.69 Å². The van der Waals surface area contributed by atoms with Crippen LogP contribution in [-0.2, 0) is 9.59 Å². The Morgan fingerprint density at radius 1 is 1.60 bits per heavy atom. The Bertz CT molecular complexity index is 397. The molecule has 2 rings (SSSR count). The summed E-state index contributed by atoms with van der Waals surface area (Å²) in [6.07, 6.45) is 8.10. The summed E-state index contributed by atoms with van der Waals surface area (Å²) in [5.41, 5.74) is 0. The molecule has 0 bridgehead atoms. The fraction of sp³-hybridized carbons (Fsp3) is 0.200. The lowest BCUT2D eigenvalue weighted by molar-refractivity contribution is -0.144. The van der Waals surface area contributed by atoms with Gasteiger partial charge >= 0.3 is 5.97 Å². The van der Waals surface area contributed by atoms with Gasteiger partial charge in [0.25, 0.3) is 5.91 Å². The van der Waals surface area contributed by atoms with Crippen molar-refractivity contribution in [2.24, 2.45) is 0 Å². The third kappa shape index (κ3) is 1.83. The first kappa shape index (κ1) is 10.0. The van der Waals surface area contributed by atoms with Crippen molar-refractivity contribution in [1.29, 1.82) is 0 Å². The first-order valence-electron chi connectivity index (χ1n) is 4.44. The molecule has 0 saturated carbocycles. The highest BCUT2D eigenvalue weighted by atomic mass is 32.2. The van der Waals surface area contributed by atoms with Gasteiger partial charge in [-0.25, -0.2) is 4.79 Å². The average molecular weight is 223 g/mol. The van der Waals surface area contributed by atoms with Crippen LogP contribution in [-0.4, -0.2) is 33.7 Å². The number of carboxylic acid groups (broad SMARTS) is 1. The third-order valence-electron chi connectivity index (χ3n) is 2.13. The zero-order valence-electron chi connectivity index (χ0n) is 7.79. The quantitative estimate of drug-likeness (QED) is 0.720. The smallest absolute Gasteiger partial charge is 0.330 e. The van der Waals surface area contributed by atoms with E-state index in [9.17, 15) is 9.59 Å². The van der Waals surface area contributed by atoms with Gasteiger partial charge in [0.2, 0.25) is 0 Å². The first-order valence-corrected chi connectivity index (χ1v) is 5.42. The van der Waals surface area contributed by atoms with Crippen molar-refractivity contribution in [2.75, 3.05) is 5.75 Å². The summed E-state index contributed by atoms with van der Waals surface area (Å²) in [5, 5.41) is 9.68. The molecule has 1 unspecified atom stereocenters. The van der Waals surface area contributed by atoms with E-state index >= 15 is 0 Å². The summed E-state index contributed by atoms with van der Waals surface area (Å²) < 4.78 is 0. The van der Waals surface area contributed by atoms with Crippen LogP contribution in [0.5, 0.6) is 0 Å². The van der Waals surface area contributed by atoms with Crippen LogP contribution in [0.4, 0.5) is 0 Å². The summed E-state index contributed by atoms with van der Waals surface area (Å²) >= 11 is 1.46. The molecular formula is C10H9NO3S. The van der Waals surface area contributed by atoms with Crippen molar-refractivity contribution in [3.63, 3.8) is 0 Å². The number of hydrogen-bond acceptors (Lipinski definition) is 3. The third-order valence-corrected chi connectivity index (χ3v) is 3.11. The van der Waals surface area contributed by atoms with Crippen LogP contribution in [0.3, 0.4) is 0 Å². The van der Waals surface area contributed by atoms with Crippen molar-refractivity contribution in [1.82, 2.24) is 4.90 Å². The number of aliphatic carboxylic acids is 1. The van der Waals surface area contributed by atoms with Crippen LogP contribution in [0.2, 0.25) is 0 Å². The second kappa shape index (κ2) is 3.94. The number of amides is 1. The van der Waals surface area contributed by atoms with E-state index in [0.717, 1.165) is 0 Å². The lowest BCUT2D eigenvalue weighted by Gasteiger charge is -2.28. The van der Waals surface area contributed by atoms with E-state index in [4.69, 9.17) is 5.11 Å². The number of carbonyl (C=O) groups is 2. The second-order valence-corrected chi connectivity index (χ2v) is 4.13. The van der Waals surface area contributed by atoms with Crippen LogP contribution in [0.1, 0.15) is 0 Å². The lowest BCUT2D eigenvalue weighted by Crippen LogP contribution is -2.42. The Hall–Kier alpha value is -1.49. The van der Waals surface area contributed by atoms with E-state index in [2.05, 4.69) is 0 Å². The topological polar surface area (TPSA) is 57.6 Å². The zero-order valence-corrected chi connectivity index (χ0v) is 8.61. The normalized spacial score (nSPS) is 24.5. The first-order chi connectivity index (χ1) is 7.20. The summed E-state index contributed by atoms with van der Waals surface area (Å²) in [5.74, 6) is -0.599. The van der Waals surface area contributed by atoms with Crippen LogP contribution >= 0.6 is 11.8 Å². The maximum Gasteiger partial charge on any atom is 0.330 e. The molecule has 0 aliphatic carbocycles. The minimum Gasteiger partial charge on any atom is -0.479 e. The predicted octanol–water partition coefficient (Wildman–Crippen LogP) is 0.982. The fourth-order valence-corrected chi connectivity index (χ4v) is 2.35. The van der Waals surface area contributed by atoms with Crippen LogP contribution < -0.4 is 0 Å². The summed E-state index contributed by atoms with van der Waals surface area (Å²) in [6, 6.07) is -0.882. The number of rotatable bonds is 1. The van der Waals surface area contributed by atoms with Crippen molar-refractivity contribution in [3.05, 3.63) is 35.4 Å². The average Bonchev–Trinajstić information content (AvgIpc) is 2.40. The molecule has 0 radical (unpaired) electrons. The largest absolute Gasteiger partial charge is 0.479 e. The van der Waals surface area contributed by atoms with Gasteiger partial charge in [0, 0.05) is 11.8 Å². The zero-order chi connectivity index (χ0) is 10.8. The molecule has 2 aliphatic heterocycles.